The van der Waals surface area contributed by atoms with Crippen LogP contribution in [0, 0.1) is 6.92 Å². The number of primary amides is 1. The molecule has 0 saturated carbocycles. The van der Waals surface area contributed by atoms with Crippen molar-refractivity contribution in [1.82, 2.24) is 0 Å². The highest BCUT2D eigenvalue weighted by Crippen LogP contribution is 2.31. The van der Waals surface area contributed by atoms with Gasteiger partial charge in [0.05, 0.1) is 16.8 Å². The van der Waals surface area contributed by atoms with Crippen molar-refractivity contribution in [1.29, 1.82) is 0 Å². The molecular weight excluding hydrogens is 268 g/mol. The van der Waals surface area contributed by atoms with Gasteiger partial charge in [-0.25, -0.2) is 4.90 Å². The smallest absolute Gasteiger partial charge is 0.266 e. The molecule has 2 N–H and O–H groups in total. The van der Waals surface area contributed by atoms with Crippen LogP contribution in [0.25, 0.3) is 0 Å². The first-order valence-electron chi connectivity index (χ1n) is 6.39. The Morgan fingerprint density at radius 2 is 1.57 bits per heavy atom. The average Bonchev–Trinajstić information content (AvgIpc) is 2.72. The second-order valence-corrected chi connectivity index (χ2v) is 4.86. The molecule has 21 heavy (non-hydrogen) atoms. The van der Waals surface area contributed by atoms with E-state index in [1.54, 1.807) is 43.3 Å². The molecule has 104 valence electrons. The molecular formula is C16H12N2O3. The normalized spacial score (nSPS) is 13.5. The third-order valence-electron chi connectivity index (χ3n) is 3.53. The number of carbonyl (C=O) groups is 3. The molecule has 0 spiro atoms. The standard InChI is InChI=1S/C16H12N2O3/c1-9-6-7-10(14(17)19)8-13(9)18-15(20)11-4-2-3-5-12(11)16(18)21/h2-8H,1H3,(H2,17,19). The molecule has 2 aromatic rings. The van der Waals surface area contributed by atoms with Gasteiger partial charge in [0, 0.05) is 5.56 Å². The predicted octanol–water partition coefficient (Wildman–Crippen LogP) is 1.89. The topological polar surface area (TPSA) is 80.5 Å². The molecule has 0 aromatic heterocycles. The molecule has 0 fully saturated rings. The molecule has 0 saturated heterocycles. The van der Waals surface area contributed by atoms with E-state index in [-0.39, 0.29) is 17.4 Å². The van der Waals surface area contributed by atoms with E-state index in [1.807, 2.05) is 0 Å². The maximum absolute atomic E-state index is 12.4. The summed E-state index contributed by atoms with van der Waals surface area (Å²) in [7, 11) is 0. The summed E-state index contributed by atoms with van der Waals surface area (Å²) in [5, 5.41) is 0. The molecule has 0 atom stereocenters. The number of carbonyl (C=O) groups excluding carboxylic acids is 3. The van der Waals surface area contributed by atoms with Crippen molar-refractivity contribution in [3.8, 4) is 0 Å². The van der Waals surface area contributed by atoms with Gasteiger partial charge in [0.2, 0.25) is 5.91 Å². The second kappa shape index (κ2) is 4.56. The highest BCUT2D eigenvalue weighted by molar-refractivity contribution is 6.34. The zero-order chi connectivity index (χ0) is 15.1. The number of benzene rings is 2. The van der Waals surface area contributed by atoms with Crippen LogP contribution < -0.4 is 10.6 Å². The average molecular weight is 280 g/mol. The number of anilines is 1. The Kier molecular flexibility index (Phi) is 2.83. The van der Waals surface area contributed by atoms with E-state index in [0.717, 1.165) is 10.5 Å². The molecule has 3 rings (SSSR count). The van der Waals surface area contributed by atoms with Gasteiger partial charge in [-0.15, -0.1) is 0 Å². The van der Waals surface area contributed by atoms with E-state index in [4.69, 9.17) is 5.73 Å². The van der Waals surface area contributed by atoms with Gasteiger partial charge in [-0.3, -0.25) is 14.4 Å². The summed E-state index contributed by atoms with van der Waals surface area (Å²) in [5.74, 6) is -1.38. The van der Waals surface area contributed by atoms with E-state index in [9.17, 15) is 14.4 Å². The molecule has 0 unspecified atom stereocenters. The lowest BCUT2D eigenvalue weighted by molar-refractivity contribution is 0.0923. The number of nitrogens with two attached hydrogens (primary N) is 1. The number of fused-ring (bicyclic) bond motifs is 1. The Morgan fingerprint density at radius 3 is 2.10 bits per heavy atom. The number of hydrogen-bond acceptors (Lipinski definition) is 3. The maximum Gasteiger partial charge on any atom is 0.266 e. The molecule has 3 amide bonds. The van der Waals surface area contributed by atoms with Gasteiger partial charge in [0.1, 0.15) is 0 Å². The first-order chi connectivity index (χ1) is 10.0. The minimum Gasteiger partial charge on any atom is -0.366 e. The van der Waals surface area contributed by atoms with Crippen LogP contribution in [0.3, 0.4) is 0 Å². The van der Waals surface area contributed by atoms with Crippen LogP contribution in [0.1, 0.15) is 36.6 Å². The summed E-state index contributed by atoms with van der Waals surface area (Å²) in [6.07, 6.45) is 0. The van der Waals surface area contributed by atoms with E-state index < -0.39 is 5.91 Å². The molecule has 1 aliphatic rings. The van der Waals surface area contributed by atoms with Gasteiger partial charge in [-0.05, 0) is 36.8 Å². The minimum atomic E-state index is -0.604. The fourth-order valence-corrected chi connectivity index (χ4v) is 2.41. The number of aryl methyl sites for hydroxylation is 1. The number of nitrogens with zero attached hydrogens (tertiary/aromatic N) is 1. The number of amides is 3. The summed E-state index contributed by atoms with van der Waals surface area (Å²) in [4.78, 5) is 37.2. The molecule has 5 nitrogen and oxygen atoms in total. The van der Waals surface area contributed by atoms with Gasteiger partial charge < -0.3 is 5.73 Å². The monoisotopic (exact) mass is 280 g/mol. The van der Waals surface area contributed by atoms with Crippen molar-refractivity contribution in [2.24, 2.45) is 5.73 Å². The Balaban J connectivity index is 2.15. The van der Waals surface area contributed by atoms with Crippen molar-refractivity contribution >= 4 is 23.4 Å². The Hall–Kier alpha value is -2.95. The van der Waals surface area contributed by atoms with Crippen LogP contribution in [0.5, 0.6) is 0 Å². The van der Waals surface area contributed by atoms with Crippen molar-refractivity contribution in [3.05, 3.63) is 64.7 Å². The third kappa shape index (κ3) is 1.90. The van der Waals surface area contributed by atoms with E-state index in [0.29, 0.717) is 16.8 Å². The van der Waals surface area contributed by atoms with Crippen molar-refractivity contribution < 1.29 is 14.4 Å². The summed E-state index contributed by atoms with van der Waals surface area (Å²) < 4.78 is 0. The van der Waals surface area contributed by atoms with E-state index in [1.165, 1.54) is 6.07 Å². The largest absolute Gasteiger partial charge is 0.366 e. The van der Waals surface area contributed by atoms with Crippen LogP contribution in [0.2, 0.25) is 0 Å². The number of hydrogen-bond donors (Lipinski definition) is 1. The van der Waals surface area contributed by atoms with E-state index in [2.05, 4.69) is 0 Å². The van der Waals surface area contributed by atoms with Crippen molar-refractivity contribution in [3.63, 3.8) is 0 Å². The molecule has 5 heteroatoms. The van der Waals surface area contributed by atoms with Crippen LogP contribution in [0.4, 0.5) is 5.69 Å². The van der Waals surface area contributed by atoms with Crippen LogP contribution >= 0.6 is 0 Å². The van der Waals surface area contributed by atoms with Gasteiger partial charge in [-0.1, -0.05) is 18.2 Å². The Labute approximate surface area is 121 Å². The zero-order valence-electron chi connectivity index (χ0n) is 11.3. The first-order valence-corrected chi connectivity index (χ1v) is 6.39. The van der Waals surface area contributed by atoms with E-state index >= 15 is 0 Å². The fraction of sp³-hybridized carbons (Fsp3) is 0.0625. The molecule has 2 aromatic carbocycles. The third-order valence-corrected chi connectivity index (χ3v) is 3.53. The summed E-state index contributed by atoms with van der Waals surface area (Å²) >= 11 is 0. The molecule has 0 aliphatic carbocycles. The molecule has 1 aliphatic heterocycles. The van der Waals surface area contributed by atoms with Gasteiger partial charge in [-0.2, -0.15) is 0 Å². The number of rotatable bonds is 2. The molecule has 0 bridgehead atoms. The Bertz CT molecular complexity index is 761. The fourth-order valence-electron chi connectivity index (χ4n) is 2.41. The second-order valence-electron chi connectivity index (χ2n) is 4.86. The lowest BCUT2D eigenvalue weighted by Crippen LogP contribution is -2.30. The van der Waals surface area contributed by atoms with Gasteiger partial charge in [0.25, 0.3) is 11.8 Å². The van der Waals surface area contributed by atoms with Crippen molar-refractivity contribution in [2.45, 2.75) is 6.92 Å². The van der Waals surface area contributed by atoms with Gasteiger partial charge >= 0.3 is 0 Å². The maximum atomic E-state index is 12.4. The van der Waals surface area contributed by atoms with Crippen molar-refractivity contribution in [2.75, 3.05) is 4.90 Å². The molecule has 1 heterocycles. The minimum absolute atomic E-state index is 0.257. The number of imide groups is 1. The summed E-state index contributed by atoms with van der Waals surface area (Å²) in [5.41, 5.74) is 7.35. The first kappa shape index (κ1) is 13.1. The van der Waals surface area contributed by atoms with Crippen LogP contribution in [0.15, 0.2) is 42.5 Å². The summed E-state index contributed by atoms with van der Waals surface area (Å²) in [6.45, 7) is 1.77. The molecule has 0 radical (unpaired) electrons. The highest BCUT2D eigenvalue weighted by Gasteiger charge is 2.37. The SMILES string of the molecule is Cc1ccc(C(N)=O)cc1N1C(=O)c2ccccc2C1=O. The van der Waals surface area contributed by atoms with Crippen LogP contribution in [-0.2, 0) is 0 Å². The lowest BCUT2D eigenvalue weighted by atomic mass is 10.1. The quantitative estimate of drug-likeness (QED) is 0.853. The summed E-state index contributed by atoms with van der Waals surface area (Å²) in [6, 6.07) is 11.4. The lowest BCUT2D eigenvalue weighted by Gasteiger charge is -2.17. The van der Waals surface area contributed by atoms with Gasteiger partial charge in [0.15, 0.2) is 0 Å². The highest BCUT2D eigenvalue weighted by atomic mass is 16.2. The zero-order valence-corrected chi connectivity index (χ0v) is 11.3. The van der Waals surface area contributed by atoms with Crippen LogP contribution in [-0.4, -0.2) is 17.7 Å². The predicted molar refractivity (Wildman–Crippen MR) is 77.3 cm³/mol. The Morgan fingerprint density at radius 1 is 1.00 bits per heavy atom.